The molecule has 7 nitrogen and oxygen atoms in total. The molecule has 0 spiro atoms. The third kappa shape index (κ3) is 4.13. The molecule has 2 heterocycles. The maximum atomic E-state index is 12.6. The fourth-order valence-corrected chi connectivity index (χ4v) is 3.57. The van der Waals surface area contributed by atoms with Gasteiger partial charge in [0.2, 0.25) is 17.7 Å². The SMILES string of the molecule is O=C(CCC(=O)N1CC(=O)Nc2ccccc21)NCCc1c[nH]c2ccccc12. The number of anilines is 2. The van der Waals surface area contributed by atoms with Crippen molar-refractivity contribution in [2.75, 3.05) is 23.3 Å². The fourth-order valence-electron chi connectivity index (χ4n) is 3.57. The normalized spacial score (nSPS) is 13.1. The number of amides is 3. The van der Waals surface area contributed by atoms with Crippen LogP contribution >= 0.6 is 0 Å². The molecule has 1 aliphatic heterocycles. The van der Waals surface area contributed by atoms with E-state index in [2.05, 4.69) is 15.6 Å². The summed E-state index contributed by atoms with van der Waals surface area (Å²) in [6.07, 6.45) is 2.82. The zero-order chi connectivity index (χ0) is 20.2. The quantitative estimate of drug-likeness (QED) is 0.604. The number of aromatic amines is 1. The Hall–Kier alpha value is -3.61. The van der Waals surface area contributed by atoms with Gasteiger partial charge in [0.05, 0.1) is 11.4 Å². The minimum atomic E-state index is -0.237. The predicted octanol–water partition coefficient (Wildman–Crippen LogP) is 2.59. The Kier molecular flexibility index (Phi) is 5.29. The lowest BCUT2D eigenvalue weighted by Gasteiger charge is -2.29. The largest absolute Gasteiger partial charge is 0.361 e. The number of fused-ring (bicyclic) bond motifs is 2. The van der Waals surface area contributed by atoms with Crippen molar-refractivity contribution in [3.05, 3.63) is 60.3 Å². The Morgan fingerprint density at radius 3 is 2.72 bits per heavy atom. The van der Waals surface area contributed by atoms with E-state index in [0.29, 0.717) is 24.3 Å². The van der Waals surface area contributed by atoms with E-state index < -0.39 is 0 Å². The number of aromatic nitrogens is 1. The van der Waals surface area contributed by atoms with E-state index in [0.717, 1.165) is 16.5 Å². The molecule has 0 aliphatic carbocycles. The number of H-pyrrole nitrogens is 1. The van der Waals surface area contributed by atoms with E-state index in [1.807, 2.05) is 36.5 Å². The van der Waals surface area contributed by atoms with Crippen LogP contribution in [0.25, 0.3) is 10.9 Å². The molecule has 7 heteroatoms. The van der Waals surface area contributed by atoms with Crippen LogP contribution in [0, 0.1) is 0 Å². The van der Waals surface area contributed by atoms with Crippen molar-refractivity contribution in [2.45, 2.75) is 19.3 Å². The van der Waals surface area contributed by atoms with Crippen LogP contribution in [0.3, 0.4) is 0 Å². The van der Waals surface area contributed by atoms with Crippen molar-refractivity contribution in [1.29, 1.82) is 0 Å². The van der Waals surface area contributed by atoms with Gasteiger partial charge in [-0.2, -0.15) is 0 Å². The summed E-state index contributed by atoms with van der Waals surface area (Å²) in [5.74, 6) is -0.646. The number of carbonyl (C=O) groups excluding carboxylic acids is 3. The second-order valence-electron chi connectivity index (χ2n) is 7.00. The predicted molar refractivity (Wildman–Crippen MR) is 112 cm³/mol. The third-order valence-electron chi connectivity index (χ3n) is 5.03. The first kappa shape index (κ1) is 18.7. The Labute approximate surface area is 168 Å². The van der Waals surface area contributed by atoms with Crippen molar-refractivity contribution in [1.82, 2.24) is 10.3 Å². The zero-order valence-electron chi connectivity index (χ0n) is 15.9. The molecule has 1 aromatic heterocycles. The monoisotopic (exact) mass is 390 g/mol. The number of hydrogen-bond acceptors (Lipinski definition) is 3. The Balaban J connectivity index is 1.27. The van der Waals surface area contributed by atoms with E-state index in [4.69, 9.17) is 0 Å². The van der Waals surface area contributed by atoms with Crippen LogP contribution in [-0.2, 0) is 20.8 Å². The number of hydrogen-bond donors (Lipinski definition) is 3. The number of nitrogens with zero attached hydrogens (tertiary/aromatic N) is 1. The molecule has 4 rings (SSSR count). The standard InChI is InChI=1S/C22H22N4O3/c27-20(23-12-11-15-13-24-17-6-2-1-5-16(15)17)9-10-22(29)26-14-21(28)25-18-7-3-4-8-19(18)26/h1-8,13,24H,9-12,14H2,(H,23,27)(H,25,28). The summed E-state index contributed by atoms with van der Waals surface area (Å²) in [7, 11) is 0. The second-order valence-corrected chi connectivity index (χ2v) is 7.00. The van der Waals surface area contributed by atoms with E-state index >= 15 is 0 Å². The summed E-state index contributed by atoms with van der Waals surface area (Å²) in [4.78, 5) is 41.2. The van der Waals surface area contributed by atoms with Gasteiger partial charge in [-0.3, -0.25) is 14.4 Å². The molecular weight excluding hydrogens is 368 g/mol. The van der Waals surface area contributed by atoms with Gasteiger partial charge >= 0.3 is 0 Å². The molecule has 0 bridgehead atoms. The highest BCUT2D eigenvalue weighted by Crippen LogP contribution is 2.29. The highest BCUT2D eigenvalue weighted by molar-refractivity contribution is 6.10. The Morgan fingerprint density at radius 1 is 1.03 bits per heavy atom. The van der Waals surface area contributed by atoms with Gasteiger partial charge in [0.25, 0.3) is 0 Å². The van der Waals surface area contributed by atoms with Gasteiger partial charge in [0, 0.05) is 36.5 Å². The molecule has 0 unspecified atom stereocenters. The first-order chi connectivity index (χ1) is 14.1. The lowest BCUT2D eigenvalue weighted by molar-refractivity contribution is -0.125. The highest BCUT2D eigenvalue weighted by Gasteiger charge is 2.26. The Bertz CT molecular complexity index is 1070. The second kappa shape index (κ2) is 8.18. The average Bonchev–Trinajstić information content (AvgIpc) is 3.14. The molecule has 3 aromatic rings. The molecule has 29 heavy (non-hydrogen) atoms. The van der Waals surface area contributed by atoms with Crippen LogP contribution in [0.4, 0.5) is 11.4 Å². The van der Waals surface area contributed by atoms with E-state index in [1.165, 1.54) is 4.90 Å². The zero-order valence-corrected chi connectivity index (χ0v) is 15.9. The molecule has 0 saturated carbocycles. The Morgan fingerprint density at radius 2 is 1.83 bits per heavy atom. The molecule has 3 amide bonds. The van der Waals surface area contributed by atoms with Crippen molar-refractivity contribution in [3.8, 4) is 0 Å². The average molecular weight is 390 g/mol. The molecular formula is C22H22N4O3. The van der Waals surface area contributed by atoms with Gasteiger partial charge in [-0.05, 0) is 30.2 Å². The summed E-state index contributed by atoms with van der Waals surface area (Å²) in [5.41, 5.74) is 3.50. The van der Waals surface area contributed by atoms with Crippen LogP contribution in [0.2, 0.25) is 0 Å². The van der Waals surface area contributed by atoms with Gasteiger partial charge in [-0.15, -0.1) is 0 Å². The van der Waals surface area contributed by atoms with Gasteiger partial charge < -0.3 is 20.5 Å². The summed E-state index contributed by atoms with van der Waals surface area (Å²) >= 11 is 0. The molecule has 0 radical (unpaired) electrons. The maximum Gasteiger partial charge on any atom is 0.244 e. The van der Waals surface area contributed by atoms with Crippen molar-refractivity contribution >= 4 is 40.0 Å². The molecule has 0 saturated heterocycles. The van der Waals surface area contributed by atoms with E-state index in [1.54, 1.807) is 18.2 Å². The highest BCUT2D eigenvalue weighted by atomic mass is 16.2. The van der Waals surface area contributed by atoms with Crippen LogP contribution in [-0.4, -0.2) is 35.8 Å². The summed E-state index contributed by atoms with van der Waals surface area (Å²) < 4.78 is 0. The van der Waals surface area contributed by atoms with Crippen molar-refractivity contribution < 1.29 is 14.4 Å². The van der Waals surface area contributed by atoms with Crippen LogP contribution in [0.15, 0.2) is 54.7 Å². The van der Waals surface area contributed by atoms with E-state index in [9.17, 15) is 14.4 Å². The lowest BCUT2D eigenvalue weighted by Crippen LogP contribution is -2.42. The smallest absolute Gasteiger partial charge is 0.244 e. The van der Waals surface area contributed by atoms with Crippen molar-refractivity contribution in [3.63, 3.8) is 0 Å². The topological polar surface area (TPSA) is 94.3 Å². The molecule has 0 fully saturated rings. The lowest BCUT2D eigenvalue weighted by atomic mass is 10.1. The number of rotatable bonds is 6. The van der Waals surface area contributed by atoms with Crippen LogP contribution < -0.4 is 15.5 Å². The molecule has 0 atom stereocenters. The first-order valence-electron chi connectivity index (χ1n) is 9.63. The number of carbonyl (C=O) groups is 3. The summed E-state index contributed by atoms with van der Waals surface area (Å²) in [5, 5.41) is 6.77. The summed E-state index contributed by atoms with van der Waals surface area (Å²) in [6, 6.07) is 15.2. The van der Waals surface area contributed by atoms with Gasteiger partial charge in [0.1, 0.15) is 6.54 Å². The minimum Gasteiger partial charge on any atom is -0.361 e. The van der Waals surface area contributed by atoms with Crippen molar-refractivity contribution in [2.24, 2.45) is 0 Å². The van der Waals surface area contributed by atoms with Gasteiger partial charge in [0.15, 0.2) is 0 Å². The number of nitrogens with one attached hydrogen (secondary N) is 3. The maximum absolute atomic E-state index is 12.6. The molecule has 148 valence electrons. The summed E-state index contributed by atoms with van der Waals surface area (Å²) in [6.45, 7) is 0.474. The van der Waals surface area contributed by atoms with Gasteiger partial charge in [-0.1, -0.05) is 30.3 Å². The molecule has 2 aromatic carbocycles. The molecule has 1 aliphatic rings. The number of benzene rings is 2. The fraction of sp³-hybridized carbons (Fsp3) is 0.227. The van der Waals surface area contributed by atoms with Crippen LogP contribution in [0.5, 0.6) is 0 Å². The van der Waals surface area contributed by atoms with Crippen LogP contribution in [0.1, 0.15) is 18.4 Å². The number of para-hydroxylation sites is 3. The minimum absolute atomic E-state index is 0.0297. The third-order valence-corrected chi connectivity index (χ3v) is 5.03. The first-order valence-corrected chi connectivity index (χ1v) is 9.63. The van der Waals surface area contributed by atoms with Gasteiger partial charge in [-0.25, -0.2) is 0 Å². The molecule has 3 N–H and O–H groups in total. The van der Waals surface area contributed by atoms with E-state index in [-0.39, 0.29) is 37.1 Å².